The van der Waals surface area contributed by atoms with Crippen molar-refractivity contribution in [2.75, 3.05) is 13.1 Å². The Labute approximate surface area is 91.7 Å². The zero-order chi connectivity index (χ0) is 9.90. The standard InChI is InChI=1S/C7H10Cl3NO2/c8-7(9,10)6(12)13-5-1-3-11-4-2-5/h5,11H,1-4H2. The van der Waals surface area contributed by atoms with Gasteiger partial charge in [0.25, 0.3) is 3.79 Å². The molecule has 1 rings (SSSR count). The van der Waals surface area contributed by atoms with Gasteiger partial charge >= 0.3 is 5.97 Å². The van der Waals surface area contributed by atoms with E-state index in [0.29, 0.717) is 0 Å². The molecule has 1 aliphatic heterocycles. The van der Waals surface area contributed by atoms with E-state index in [-0.39, 0.29) is 6.10 Å². The van der Waals surface area contributed by atoms with Crippen LogP contribution in [0.2, 0.25) is 0 Å². The highest BCUT2D eigenvalue weighted by molar-refractivity contribution is 6.75. The van der Waals surface area contributed by atoms with E-state index in [1.165, 1.54) is 0 Å². The van der Waals surface area contributed by atoms with Gasteiger partial charge < -0.3 is 10.1 Å². The molecule has 0 saturated carbocycles. The molecule has 0 unspecified atom stereocenters. The Morgan fingerprint density at radius 2 is 1.85 bits per heavy atom. The average molecular weight is 247 g/mol. The van der Waals surface area contributed by atoms with Crippen LogP contribution in [-0.4, -0.2) is 29.0 Å². The highest BCUT2D eigenvalue weighted by atomic mass is 35.6. The zero-order valence-electron chi connectivity index (χ0n) is 6.86. The van der Waals surface area contributed by atoms with Crippen LogP contribution in [0.25, 0.3) is 0 Å². The molecule has 1 aliphatic rings. The van der Waals surface area contributed by atoms with Crippen molar-refractivity contribution < 1.29 is 9.53 Å². The molecule has 1 fully saturated rings. The van der Waals surface area contributed by atoms with Gasteiger partial charge in [-0.15, -0.1) is 0 Å². The van der Waals surface area contributed by atoms with Gasteiger partial charge in [-0.2, -0.15) is 0 Å². The summed E-state index contributed by atoms with van der Waals surface area (Å²) in [6.45, 7) is 1.66. The first-order chi connectivity index (χ1) is 6.00. The van der Waals surface area contributed by atoms with Gasteiger partial charge in [0.05, 0.1) is 0 Å². The van der Waals surface area contributed by atoms with E-state index in [1.54, 1.807) is 0 Å². The Balaban J connectivity index is 2.35. The van der Waals surface area contributed by atoms with Crippen LogP contribution in [0.3, 0.4) is 0 Å². The number of rotatable bonds is 1. The Bertz CT molecular complexity index is 187. The predicted octanol–water partition coefficient (Wildman–Crippen LogP) is 1.65. The number of esters is 1. The van der Waals surface area contributed by atoms with Crippen LogP contribution in [0.4, 0.5) is 0 Å². The summed E-state index contributed by atoms with van der Waals surface area (Å²) >= 11 is 16.0. The average Bonchev–Trinajstić information content (AvgIpc) is 2.04. The summed E-state index contributed by atoms with van der Waals surface area (Å²) in [5.74, 6) is -0.788. The summed E-state index contributed by atoms with van der Waals surface area (Å²) in [6.07, 6.45) is 1.42. The number of carbonyl (C=O) groups excluding carboxylic acids is 1. The number of piperidine rings is 1. The second-order valence-corrected chi connectivity index (χ2v) is 5.13. The normalized spacial score (nSPS) is 19.9. The van der Waals surface area contributed by atoms with Gasteiger partial charge in [0, 0.05) is 0 Å². The SMILES string of the molecule is O=C(OC1CCNCC1)C(Cl)(Cl)Cl. The van der Waals surface area contributed by atoms with E-state index in [1.807, 2.05) is 0 Å². The van der Waals surface area contributed by atoms with Crippen molar-refractivity contribution in [3.63, 3.8) is 0 Å². The van der Waals surface area contributed by atoms with Crippen LogP contribution in [0.1, 0.15) is 12.8 Å². The molecule has 0 bridgehead atoms. The zero-order valence-corrected chi connectivity index (χ0v) is 9.12. The van der Waals surface area contributed by atoms with Crippen molar-refractivity contribution in [2.24, 2.45) is 0 Å². The van der Waals surface area contributed by atoms with Gasteiger partial charge in [-0.3, -0.25) is 0 Å². The number of nitrogens with one attached hydrogen (secondary N) is 1. The molecule has 6 heteroatoms. The van der Waals surface area contributed by atoms with Crippen LogP contribution in [-0.2, 0) is 9.53 Å². The van der Waals surface area contributed by atoms with Crippen LogP contribution in [0, 0.1) is 0 Å². The molecule has 1 heterocycles. The maximum Gasteiger partial charge on any atom is 0.358 e. The molecule has 0 aromatic rings. The third-order valence-electron chi connectivity index (χ3n) is 1.79. The largest absolute Gasteiger partial charge is 0.459 e. The van der Waals surface area contributed by atoms with Gasteiger partial charge in [-0.05, 0) is 25.9 Å². The van der Waals surface area contributed by atoms with Crippen molar-refractivity contribution in [1.82, 2.24) is 5.32 Å². The lowest BCUT2D eigenvalue weighted by atomic mass is 10.1. The molecule has 0 aromatic carbocycles. The Morgan fingerprint density at radius 3 is 2.31 bits per heavy atom. The van der Waals surface area contributed by atoms with Gasteiger partial charge in [-0.25, -0.2) is 4.79 Å². The third-order valence-corrected chi connectivity index (χ3v) is 2.25. The van der Waals surface area contributed by atoms with E-state index in [4.69, 9.17) is 39.5 Å². The second-order valence-electron chi connectivity index (χ2n) is 2.85. The van der Waals surface area contributed by atoms with E-state index < -0.39 is 9.76 Å². The Morgan fingerprint density at radius 1 is 1.31 bits per heavy atom. The van der Waals surface area contributed by atoms with Gasteiger partial charge in [0.15, 0.2) is 0 Å². The summed E-state index contributed by atoms with van der Waals surface area (Å²) < 4.78 is 3.03. The number of carbonyl (C=O) groups is 1. The Hall–Kier alpha value is 0.300. The van der Waals surface area contributed by atoms with E-state index in [2.05, 4.69) is 5.32 Å². The molecule has 1 N–H and O–H groups in total. The topological polar surface area (TPSA) is 38.3 Å². The molecule has 0 radical (unpaired) electrons. The predicted molar refractivity (Wildman–Crippen MR) is 52.3 cm³/mol. The monoisotopic (exact) mass is 245 g/mol. The van der Waals surface area contributed by atoms with Crippen LogP contribution < -0.4 is 5.32 Å². The molecule has 0 aliphatic carbocycles. The number of ether oxygens (including phenoxy) is 1. The quantitative estimate of drug-likeness (QED) is 0.565. The fourth-order valence-corrected chi connectivity index (χ4v) is 1.27. The van der Waals surface area contributed by atoms with Gasteiger partial charge in [-0.1, -0.05) is 34.8 Å². The second kappa shape index (κ2) is 4.69. The van der Waals surface area contributed by atoms with Crippen LogP contribution >= 0.6 is 34.8 Å². The fourth-order valence-electron chi connectivity index (χ4n) is 1.13. The molecule has 0 aromatic heterocycles. The first kappa shape index (κ1) is 11.4. The first-order valence-electron chi connectivity index (χ1n) is 3.98. The number of hydrogen-bond acceptors (Lipinski definition) is 3. The lowest BCUT2D eigenvalue weighted by Crippen LogP contribution is -2.36. The van der Waals surface area contributed by atoms with Crippen molar-refractivity contribution in [2.45, 2.75) is 22.7 Å². The molecule has 3 nitrogen and oxygen atoms in total. The highest BCUT2D eigenvalue weighted by Crippen LogP contribution is 2.28. The maximum atomic E-state index is 11.1. The van der Waals surface area contributed by atoms with Crippen molar-refractivity contribution in [1.29, 1.82) is 0 Å². The maximum absolute atomic E-state index is 11.1. The molecule has 76 valence electrons. The lowest BCUT2D eigenvalue weighted by Gasteiger charge is -2.24. The molecule has 13 heavy (non-hydrogen) atoms. The number of halogens is 3. The molecular weight excluding hydrogens is 236 g/mol. The minimum absolute atomic E-state index is 0.121. The minimum atomic E-state index is -1.95. The van der Waals surface area contributed by atoms with Crippen LogP contribution in [0.15, 0.2) is 0 Å². The van der Waals surface area contributed by atoms with Gasteiger partial charge in [0.2, 0.25) is 0 Å². The molecule has 1 saturated heterocycles. The smallest absolute Gasteiger partial charge is 0.358 e. The first-order valence-corrected chi connectivity index (χ1v) is 5.12. The lowest BCUT2D eigenvalue weighted by molar-refractivity contribution is -0.149. The van der Waals surface area contributed by atoms with E-state index in [9.17, 15) is 4.79 Å². The van der Waals surface area contributed by atoms with E-state index in [0.717, 1.165) is 25.9 Å². The number of hydrogen-bond donors (Lipinski definition) is 1. The van der Waals surface area contributed by atoms with Crippen molar-refractivity contribution in [3.05, 3.63) is 0 Å². The summed E-state index contributed by atoms with van der Waals surface area (Å²) in [7, 11) is 0. The summed E-state index contributed by atoms with van der Waals surface area (Å²) in [5.41, 5.74) is 0. The molecule has 0 atom stereocenters. The molecular formula is C7H10Cl3NO2. The summed E-state index contributed by atoms with van der Waals surface area (Å²) in [4.78, 5) is 11.1. The summed E-state index contributed by atoms with van der Waals surface area (Å²) in [6, 6.07) is 0. The third kappa shape index (κ3) is 3.90. The van der Waals surface area contributed by atoms with Crippen LogP contribution in [0.5, 0.6) is 0 Å². The molecule has 0 amide bonds. The van der Waals surface area contributed by atoms with Gasteiger partial charge in [0.1, 0.15) is 6.10 Å². The van der Waals surface area contributed by atoms with Crippen molar-refractivity contribution >= 4 is 40.8 Å². The van der Waals surface area contributed by atoms with E-state index >= 15 is 0 Å². The fraction of sp³-hybridized carbons (Fsp3) is 0.857. The molecule has 0 spiro atoms. The summed E-state index contributed by atoms with van der Waals surface area (Å²) in [5, 5.41) is 3.14. The highest BCUT2D eigenvalue weighted by Gasteiger charge is 2.34. The minimum Gasteiger partial charge on any atom is -0.459 e. The Kier molecular flexibility index (Phi) is 4.10. The van der Waals surface area contributed by atoms with Crippen molar-refractivity contribution in [3.8, 4) is 0 Å². The number of alkyl halides is 3.